The van der Waals surface area contributed by atoms with Gasteiger partial charge in [0.1, 0.15) is 5.00 Å². The maximum Gasteiger partial charge on any atom is 0.257 e. The molecule has 0 saturated carbocycles. The SMILES string of the molecule is Cc1sc(-n2cccc2)c(C(=O)N2CC(C)CC(C)C2)c1C. The van der Waals surface area contributed by atoms with Gasteiger partial charge in [0.05, 0.1) is 5.56 Å². The molecule has 118 valence electrons. The maximum atomic E-state index is 13.2. The van der Waals surface area contributed by atoms with Gasteiger partial charge in [0, 0.05) is 30.4 Å². The minimum atomic E-state index is 0.198. The Morgan fingerprint density at radius 2 is 1.73 bits per heavy atom. The third-order valence-corrected chi connectivity index (χ3v) is 5.80. The predicted molar refractivity (Wildman–Crippen MR) is 92.0 cm³/mol. The lowest BCUT2D eigenvalue weighted by Gasteiger charge is -2.35. The molecule has 22 heavy (non-hydrogen) atoms. The van der Waals surface area contributed by atoms with E-state index < -0.39 is 0 Å². The normalized spacial score (nSPS) is 22.1. The van der Waals surface area contributed by atoms with Crippen molar-refractivity contribution in [3.8, 4) is 5.00 Å². The molecular formula is C18H24N2OS. The van der Waals surface area contributed by atoms with E-state index in [1.165, 1.54) is 11.3 Å². The van der Waals surface area contributed by atoms with Gasteiger partial charge in [0.2, 0.25) is 0 Å². The molecule has 1 amide bonds. The highest BCUT2D eigenvalue weighted by atomic mass is 32.1. The summed E-state index contributed by atoms with van der Waals surface area (Å²) in [6.45, 7) is 10.4. The Labute approximate surface area is 136 Å². The van der Waals surface area contributed by atoms with Crippen LogP contribution in [0.1, 0.15) is 41.1 Å². The molecule has 3 rings (SSSR count). The minimum Gasteiger partial charge on any atom is -0.338 e. The van der Waals surface area contributed by atoms with Gasteiger partial charge in [-0.15, -0.1) is 11.3 Å². The Morgan fingerprint density at radius 3 is 2.32 bits per heavy atom. The van der Waals surface area contributed by atoms with Crippen LogP contribution in [0.2, 0.25) is 0 Å². The lowest BCUT2D eigenvalue weighted by molar-refractivity contribution is 0.0623. The first-order valence-electron chi connectivity index (χ1n) is 8.00. The lowest BCUT2D eigenvalue weighted by atomic mass is 9.91. The fraction of sp³-hybridized carbons (Fsp3) is 0.500. The minimum absolute atomic E-state index is 0.198. The molecular weight excluding hydrogens is 292 g/mol. The van der Waals surface area contributed by atoms with Crippen LogP contribution in [0.3, 0.4) is 0 Å². The highest BCUT2D eigenvalue weighted by molar-refractivity contribution is 7.15. The van der Waals surface area contributed by atoms with E-state index in [-0.39, 0.29) is 5.91 Å². The van der Waals surface area contributed by atoms with Crippen LogP contribution in [0.15, 0.2) is 24.5 Å². The van der Waals surface area contributed by atoms with Gasteiger partial charge in [-0.3, -0.25) is 4.79 Å². The standard InChI is InChI=1S/C18H24N2OS/c1-12-9-13(2)11-20(10-12)17(21)16-14(3)15(4)22-18(16)19-7-5-6-8-19/h5-8,12-13H,9-11H2,1-4H3. The van der Waals surface area contributed by atoms with Crippen molar-refractivity contribution < 1.29 is 4.79 Å². The van der Waals surface area contributed by atoms with E-state index in [1.807, 2.05) is 24.5 Å². The summed E-state index contributed by atoms with van der Waals surface area (Å²) in [5.41, 5.74) is 2.02. The number of hydrogen-bond acceptors (Lipinski definition) is 2. The summed E-state index contributed by atoms with van der Waals surface area (Å²) in [6, 6.07) is 4.01. The number of thiophene rings is 1. The molecule has 0 aliphatic carbocycles. The van der Waals surface area contributed by atoms with Crippen LogP contribution >= 0.6 is 11.3 Å². The Morgan fingerprint density at radius 1 is 1.14 bits per heavy atom. The van der Waals surface area contributed by atoms with Gasteiger partial charge in [0.25, 0.3) is 5.91 Å². The second-order valence-electron chi connectivity index (χ2n) is 6.71. The highest BCUT2D eigenvalue weighted by Gasteiger charge is 2.30. The van der Waals surface area contributed by atoms with E-state index >= 15 is 0 Å². The summed E-state index contributed by atoms with van der Waals surface area (Å²) in [5, 5.41) is 1.05. The molecule has 0 bridgehead atoms. The molecule has 3 nitrogen and oxygen atoms in total. The fourth-order valence-corrected chi connectivity index (χ4v) is 4.61. The summed E-state index contributed by atoms with van der Waals surface area (Å²) in [5.74, 6) is 1.37. The number of hydrogen-bond donors (Lipinski definition) is 0. The smallest absolute Gasteiger partial charge is 0.257 e. The number of carbonyl (C=O) groups is 1. The van der Waals surface area contributed by atoms with E-state index in [2.05, 4.69) is 37.2 Å². The average Bonchev–Trinajstić information content (AvgIpc) is 3.07. The van der Waals surface area contributed by atoms with Crippen molar-refractivity contribution in [2.75, 3.05) is 13.1 Å². The van der Waals surface area contributed by atoms with Gasteiger partial charge in [-0.1, -0.05) is 13.8 Å². The van der Waals surface area contributed by atoms with Gasteiger partial charge in [-0.05, 0) is 49.8 Å². The van der Waals surface area contributed by atoms with Crippen LogP contribution in [0.25, 0.3) is 5.00 Å². The molecule has 3 heterocycles. The second kappa shape index (κ2) is 5.92. The second-order valence-corrected chi connectivity index (χ2v) is 7.91. The van der Waals surface area contributed by atoms with Gasteiger partial charge in [0.15, 0.2) is 0 Å². The van der Waals surface area contributed by atoms with Crippen molar-refractivity contribution in [1.82, 2.24) is 9.47 Å². The molecule has 1 aliphatic heterocycles. The summed E-state index contributed by atoms with van der Waals surface area (Å²) in [4.78, 5) is 16.4. The Hall–Kier alpha value is -1.55. The Bertz CT molecular complexity index is 662. The van der Waals surface area contributed by atoms with E-state index in [4.69, 9.17) is 0 Å². The number of aryl methyl sites for hydroxylation is 1. The Kier molecular flexibility index (Phi) is 4.13. The molecule has 0 aromatic carbocycles. The maximum absolute atomic E-state index is 13.2. The van der Waals surface area contributed by atoms with Crippen LogP contribution < -0.4 is 0 Å². The molecule has 2 aromatic rings. The highest BCUT2D eigenvalue weighted by Crippen LogP contribution is 2.33. The van der Waals surface area contributed by atoms with Crippen LogP contribution in [0, 0.1) is 25.7 Å². The number of rotatable bonds is 2. The van der Waals surface area contributed by atoms with Crippen molar-refractivity contribution in [3.05, 3.63) is 40.5 Å². The molecule has 2 atom stereocenters. The number of piperidine rings is 1. The van der Waals surface area contributed by atoms with Crippen molar-refractivity contribution >= 4 is 17.2 Å². The van der Waals surface area contributed by atoms with Crippen molar-refractivity contribution in [1.29, 1.82) is 0 Å². The zero-order valence-corrected chi connectivity index (χ0v) is 14.6. The summed E-state index contributed by atoms with van der Waals surface area (Å²) >= 11 is 1.71. The molecule has 1 aliphatic rings. The Balaban J connectivity index is 1.99. The van der Waals surface area contributed by atoms with Crippen molar-refractivity contribution in [3.63, 3.8) is 0 Å². The number of carbonyl (C=O) groups excluding carboxylic acids is 1. The van der Waals surface area contributed by atoms with Crippen LogP contribution in [-0.4, -0.2) is 28.5 Å². The molecule has 2 unspecified atom stereocenters. The first-order valence-corrected chi connectivity index (χ1v) is 8.81. The van der Waals surface area contributed by atoms with E-state index in [0.717, 1.165) is 29.2 Å². The summed E-state index contributed by atoms with van der Waals surface area (Å²) in [7, 11) is 0. The summed E-state index contributed by atoms with van der Waals surface area (Å²) in [6.07, 6.45) is 5.25. The largest absolute Gasteiger partial charge is 0.338 e. The third-order valence-electron chi connectivity index (χ3n) is 4.58. The number of amides is 1. The molecule has 2 aromatic heterocycles. The monoisotopic (exact) mass is 316 g/mol. The molecule has 0 N–H and O–H groups in total. The van der Waals surface area contributed by atoms with Crippen molar-refractivity contribution in [2.45, 2.75) is 34.1 Å². The molecule has 1 fully saturated rings. The van der Waals surface area contributed by atoms with Crippen LogP contribution in [0.4, 0.5) is 0 Å². The summed E-state index contributed by atoms with van der Waals surface area (Å²) < 4.78 is 2.06. The molecule has 4 heteroatoms. The van der Waals surface area contributed by atoms with Gasteiger partial charge >= 0.3 is 0 Å². The molecule has 0 radical (unpaired) electrons. The number of likely N-dealkylation sites (tertiary alicyclic amines) is 1. The van der Waals surface area contributed by atoms with E-state index in [0.29, 0.717) is 11.8 Å². The topological polar surface area (TPSA) is 25.2 Å². The van der Waals surface area contributed by atoms with E-state index in [1.54, 1.807) is 11.3 Å². The average molecular weight is 316 g/mol. The number of nitrogens with zero attached hydrogens (tertiary/aromatic N) is 2. The van der Waals surface area contributed by atoms with Gasteiger partial charge < -0.3 is 9.47 Å². The quantitative estimate of drug-likeness (QED) is 0.812. The molecule has 0 spiro atoms. The van der Waals surface area contributed by atoms with Gasteiger partial charge in [-0.2, -0.15) is 0 Å². The van der Waals surface area contributed by atoms with E-state index in [9.17, 15) is 4.79 Å². The van der Waals surface area contributed by atoms with Crippen molar-refractivity contribution in [2.24, 2.45) is 11.8 Å². The first kappa shape index (κ1) is 15.3. The predicted octanol–water partition coefficient (Wildman–Crippen LogP) is 4.27. The zero-order chi connectivity index (χ0) is 15.9. The fourth-order valence-electron chi connectivity index (χ4n) is 3.50. The first-order chi connectivity index (χ1) is 10.5. The van der Waals surface area contributed by atoms with Crippen LogP contribution in [0.5, 0.6) is 0 Å². The van der Waals surface area contributed by atoms with Crippen LogP contribution in [-0.2, 0) is 0 Å². The number of aromatic nitrogens is 1. The lowest BCUT2D eigenvalue weighted by Crippen LogP contribution is -2.42. The zero-order valence-electron chi connectivity index (χ0n) is 13.8. The van der Waals surface area contributed by atoms with Gasteiger partial charge in [-0.25, -0.2) is 0 Å². The third kappa shape index (κ3) is 2.72. The molecule has 1 saturated heterocycles.